The first-order valence-electron chi connectivity index (χ1n) is 13.0. The van der Waals surface area contributed by atoms with Crippen LogP contribution in [0.5, 0.6) is 0 Å². The van der Waals surface area contributed by atoms with Crippen molar-refractivity contribution in [3.05, 3.63) is 43.8 Å². The number of halogens is 4. The Balaban J connectivity index is -0.000000963. The Morgan fingerprint density at radius 1 is 0.500 bits per heavy atom. The topological polar surface area (TPSA) is 24.1 Å². The second kappa shape index (κ2) is 17.9. The van der Waals surface area contributed by atoms with Crippen molar-refractivity contribution in [2.75, 3.05) is 0 Å². The van der Waals surface area contributed by atoms with Crippen LogP contribution >= 0.6 is 0 Å². The summed E-state index contributed by atoms with van der Waals surface area (Å²) in [6.07, 6.45) is 5.26. The number of rotatable bonds is 6. The van der Waals surface area contributed by atoms with Gasteiger partial charge in [0, 0.05) is 12.1 Å². The van der Waals surface area contributed by atoms with Gasteiger partial charge < -0.3 is 59.6 Å². The van der Waals surface area contributed by atoms with Gasteiger partial charge in [0.2, 0.25) is 0 Å². The monoisotopic (exact) mass is 706 g/mol. The molecule has 0 aromatic carbocycles. The van der Waals surface area contributed by atoms with Gasteiger partial charge in [-0.1, -0.05) is 72.7 Å². The van der Waals surface area contributed by atoms with Crippen molar-refractivity contribution >= 4 is 16.5 Å². The van der Waals surface area contributed by atoms with Crippen LogP contribution in [0.3, 0.4) is 0 Å². The van der Waals surface area contributed by atoms with Crippen LogP contribution in [0.2, 0.25) is 26.2 Å². The summed E-state index contributed by atoms with van der Waals surface area (Å²) in [4.78, 5) is 8.45. The molecule has 3 aliphatic carbocycles. The quantitative estimate of drug-likeness (QED) is 0.273. The maximum atomic E-state index is 4.23. The Kier molecular flexibility index (Phi) is 22.0. The Morgan fingerprint density at radius 2 is 0.737 bits per heavy atom. The van der Waals surface area contributed by atoms with E-state index in [4.69, 9.17) is 0 Å². The van der Waals surface area contributed by atoms with Gasteiger partial charge in [0.1, 0.15) is 16.5 Å². The predicted molar refractivity (Wildman–Crippen MR) is 148 cm³/mol. The zero-order valence-corrected chi connectivity index (χ0v) is 33.8. The molecule has 10 heteroatoms. The SMILES string of the molecule is CC1=C(C)C(C)C([Si](C)(C)N[C@H]2CC[C@H](N[Si](C)(C)C3=C(C)C(C)=C(C)C3C)CC2)=C1C.[Cl-].[Cl-].[Cl-].[Cl-].[Ti+2].[Ti+2]. The number of allylic oxidation sites excluding steroid dienone is 8. The molecule has 3 rings (SSSR count). The van der Waals surface area contributed by atoms with Crippen LogP contribution in [-0.2, 0) is 43.4 Å². The van der Waals surface area contributed by atoms with E-state index in [0.29, 0.717) is 23.9 Å². The standard InChI is InChI=1S/C28H50N2Si2.4ClH.2Ti/c1-17-18(2)22(6)27(21(17)5)31(9,10)29-25-13-15-26(16-14-25)30-32(11,12)28-23(7)19(3)20(4)24(28)8;;;;;;/h21,23,25-26,29-30H,13-16H2,1-12H3;4*1H;;/q;;;;;2*+2/p-4/t21?,23?,25-,26-;;;;;;. The molecule has 0 bridgehead atoms. The molecule has 0 aliphatic heterocycles. The summed E-state index contributed by atoms with van der Waals surface area (Å²) in [7, 11) is -3.26. The van der Waals surface area contributed by atoms with Gasteiger partial charge in [-0.2, -0.15) is 0 Å². The molecule has 0 radical (unpaired) electrons. The second-order valence-electron chi connectivity index (χ2n) is 12.2. The van der Waals surface area contributed by atoms with Crippen LogP contribution in [0.25, 0.3) is 0 Å². The van der Waals surface area contributed by atoms with E-state index in [1.165, 1.54) is 25.7 Å². The maximum absolute atomic E-state index is 4.23. The normalized spacial score (nSPS) is 25.6. The van der Waals surface area contributed by atoms with Crippen molar-refractivity contribution in [2.45, 2.75) is 119 Å². The third kappa shape index (κ3) is 9.45. The van der Waals surface area contributed by atoms with Gasteiger partial charge in [-0.05, 0) is 90.2 Å². The Hall–Kier alpha value is 1.90. The number of hydrogen-bond acceptors (Lipinski definition) is 2. The van der Waals surface area contributed by atoms with E-state index in [1.807, 2.05) is 0 Å². The van der Waals surface area contributed by atoms with Gasteiger partial charge in [-0.15, -0.1) is 0 Å². The van der Waals surface area contributed by atoms with Crippen molar-refractivity contribution in [1.29, 1.82) is 0 Å². The van der Waals surface area contributed by atoms with Crippen LogP contribution in [0, 0.1) is 11.8 Å². The van der Waals surface area contributed by atoms with Gasteiger partial charge in [0.05, 0.1) is 0 Å². The smallest absolute Gasteiger partial charge is 1.00 e. The average molecular weight is 708 g/mol. The third-order valence-electron chi connectivity index (χ3n) is 9.48. The molecular weight excluding hydrogens is 658 g/mol. The minimum atomic E-state index is -1.63. The molecular formula is C28H50Cl4N2Si2Ti2. The van der Waals surface area contributed by atoms with E-state index in [9.17, 15) is 0 Å². The van der Waals surface area contributed by atoms with E-state index >= 15 is 0 Å². The van der Waals surface area contributed by atoms with Gasteiger partial charge in [0.25, 0.3) is 0 Å². The molecule has 216 valence electrons. The van der Waals surface area contributed by atoms with Gasteiger partial charge in [-0.3, -0.25) is 0 Å². The van der Waals surface area contributed by atoms with Crippen molar-refractivity contribution in [3.8, 4) is 0 Å². The zero-order chi connectivity index (χ0) is 24.2. The Labute approximate surface area is 291 Å². The molecule has 2 nitrogen and oxygen atoms in total. The summed E-state index contributed by atoms with van der Waals surface area (Å²) < 4.78 is 0. The summed E-state index contributed by atoms with van der Waals surface area (Å²) >= 11 is 0. The minimum Gasteiger partial charge on any atom is -1.00 e. The zero-order valence-electron chi connectivity index (χ0n) is 25.6. The molecule has 2 atom stereocenters. The summed E-state index contributed by atoms with van der Waals surface area (Å²) in [5, 5.41) is 3.49. The second-order valence-corrected chi connectivity index (χ2v) is 20.4. The number of nitrogens with one attached hydrogen (secondary N) is 2. The summed E-state index contributed by atoms with van der Waals surface area (Å²) in [5.41, 5.74) is 9.42. The van der Waals surface area contributed by atoms with E-state index in [2.05, 4.69) is 91.5 Å². The van der Waals surface area contributed by atoms with E-state index in [0.717, 1.165) is 0 Å². The maximum Gasteiger partial charge on any atom is 2.00 e. The van der Waals surface area contributed by atoms with Gasteiger partial charge in [-0.25, -0.2) is 0 Å². The molecule has 0 heterocycles. The summed E-state index contributed by atoms with van der Waals surface area (Å²) in [6.45, 7) is 29.1. The molecule has 0 saturated heterocycles. The summed E-state index contributed by atoms with van der Waals surface area (Å²) in [6, 6.07) is 1.37. The van der Waals surface area contributed by atoms with Crippen LogP contribution in [0.4, 0.5) is 0 Å². The molecule has 1 fully saturated rings. The first kappa shape index (κ1) is 46.8. The molecule has 1 saturated carbocycles. The van der Waals surface area contributed by atoms with Crippen molar-refractivity contribution in [2.24, 2.45) is 11.8 Å². The predicted octanol–water partition coefficient (Wildman–Crippen LogP) is -4.42. The van der Waals surface area contributed by atoms with Crippen LogP contribution < -0.4 is 59.6 Å². The molecule has 38 heavy (non-hydrogen) atoms. The molecule has 0 aromatic rings. The fraction of sp³-hybridized carbons (Fsp3) is 0.714. The molecule has 0 spiro atoms. The van der Waals surface area contributed by atoms with E-state index in [1.54, 1.807) is 43.8 Å². The molecule has 0 aromatic heterocycles. The summed E-state index contributed by atoms with van der Waals surface area (Å²) in [5.74, 6) is 1.25. The third-order valence-corrected chi connectivity index (χ3v) is 16.1. The Bertz CT molecular complexity index is 848. The van der Waals surface area contributed by atoms with Crippen LogP contribution in [-0.4, -0.2) is 28.6 Å². The van der Waals surface area contributed by atoms with Crippen molar-refractivity contribution < 1.29 is 93.1 Å². The average Bonchev–Trinajstić information content (AvgIpc) is 3.02. The van der Waals surface area contributed by atoms with E-state index < -0.39 is 16.5 Å². The Morgan fingerprint density at radius 3 is 0.921 bits per heavy atom. The first-order valence-corrected chi connectivity index (χ1v) is 19.0. The fourth-order valence-corrected chi connectivity index (χ4v) is 15.1. The number of hydrogen-bond donors (Lipinski definition) is 2. The van der Waals surface area contributed by atoms with E-state index in [-0.39, 0.29) is 93.1 Å². The molecule has 2 unspecified atom stereocenters. The fourth-order valence-electron chi connectivity index (χ4n) is 7.31. The molecule has 2 N–H and O–H groups in total. The van der Waals surface area contributed by atoms with Gasteiger partial charge in [0.15, 0.2) is 0 Å². The minimum absolute atomic E-state index is 0. The molecule has 3 aliphatic rings. The molecule has 0 amide bonds. The largest absolute Gasteiger partial charge is 2.00 e. The first-order chi connectivity index (χ1) is 14.7. The van der Waals surface area contributed by atoms with Crippen LogP contribution in [0.15, 0.2) is 43.8 Å². The van der Waals surface area contributed by atoms with Crippen molar-refractivity contribution in [1.82, 2.24) is 9.96 Å². The van der Waals surface area contributed by atoms with Crippen molar-refractivity contribution in [3.63, 3.8) is 0 Å². The van der Waals surface area contributed by atoms with Gasteiger partial charge >= 0.3 is 43.4 Å². The van der Waals surface area contributed by atoms with Crippen LogP contribution in [0.1, 0.15) is 81.1 Å².